The third-order valence-corrected chi connectivity index (χ3v) is 9.67. The average molecular weight is 496 g/mol. The highest BCUT2D eigenvalue weighted by atomic mass is 32.2. The molecule has 0 N–H and O–H groups in total. The summed E-state index contributed by atoms with van der Waals surface area (Å²) in [5.41, 5.74) is 0.667. The van der Waals surface area contributed by atoms with Gasteiger partial charge in [0.05, 0.1) is 28.3 Å². The van der Waals surface area contributed by atoms with E-state index in [0.717, 1.165) is 43.7 Å². The maximum atomic E-state index is 13.2. The zero-order valence-corrected chi connectivity index (χ0v) is 20.2. The van der Waals surface area contributed by atoms with Gasteiger partial charge in [-0.2, -0.15) is 4.31 Å². The van der Waals surface area contributed by atoms with Crippen LogP contribution in [-0.4, -0.2) is 73.3 Å². The third-order valence-electron chi connectivity index (χ3n) is 6.83. The normalized spacial score (nSPS) is 21.8. The van der Waals surface area contributed by atoms with Crippen LogP contribution < -0.4 is 4.87 Å². The number of hydrogen-bond acceptors (Lipinski definition) is 7. The van der Waals surface area contributed by atoms with Crippen LogP contribution in [0.3, 0.4) is 0 Å². The quantitative estimate of drug-likeness (QED) is 0.629. The molecule has 11 heteroatoms. The van der Waals surface area contributed by atoms with E-state index in [0.29, 0.717) is 55.9 Å². The minimum absolute atomic E-state index is 0.0678. The van der Waals surface area contributed by atoms with E-state index in [-0.39, 0.29) is 22.1 Å². The van der Waals surface area contributed by atoms with Crippen molar-refractivity contribution in [1.29, 1.82) is 0 Å². The smallest absolute Gasteiger partial charge is 0.308 e. The number of rotatable bonds is 5. The van der Waals surface area contributed by atoms with Crippen LogP contribution >= 0.6 is 11.3 Å². The number of carbonyl (C=O) groups is 1. The zero-order valence-electron chi connectivity index (χ0n) is 18.5. The summed E-state index contributed by atoms with van der Waals surface area (Å²) in [6.07, 6.45) is 4.49. The summed E-state index contributed by atoms with van der Waals surface area (Å²) >= 11 is 1.02. The molecule has 0 unspecified atom stereocenters. The van der Waals surface area contributed by atoms with E-state index < -0.39 is 15.8 Å². The molecule has 4 heterocycles. The number of fused-ring (bicyclic) bond motifs is 1. The molecule has 2 aromatic rings. The molecule has 0 radical (unpaired) electrons. The molecule has 1 aromatic carbocycles. The first-order valence-corrected chi connectivity index (χ1v) is 13.8. The summed E-state index contributed by atoms with van der Waals surface area (Å²) in [5, 5.41) is 0. The van der Waals surface area contributed by atoms with Crippen LogP contribution in [0.1, 0.15) is 38.5 Å². The number of aryl methyl sites for hydroxylation is 1. The number of likely N-dealkylation sites (tertiary alicyclic amines) is 1. The minimum atomic E-state index is -3.69. The fourth-order valence-electron chi connectivity index (χ4n) is 4.93. The second kappa shape index (κ2) is 9.10. The van der Waals surface area contributed by atoms with Crippen LogP contribution in [0.15, 0.2) is 27.9 Å². The van der Waals surface area contributed by atoms with E-state index in [4.69, 9.17) is 9.47 Å². The summed E-state index contributed by atoms with van der Waals surface area (Å²) < 4.78 is 41.5. The number of piperidine rings is 2. The van der Waals surface area contributed by atoms with Gasteiger partial charge in [-0.3, -0.25) is 14.2 Å². The summed E-state index contributed by atoms with van der Waals surface area (Å²) in [7, 11) is -3.69. The first-order chi connectivity index (χ1) is 15.9. The lowest BCUT2D eigenvalue weighted by atomic mass is 10.1. The van der Waals surface area contributed by atoms with Crippen LogP contribution in [0, 0.1) is 0 Å². The Labute approximate surface area is 196 Å². The minimum Gasteiger partial charge on any atom is -0.347 e. The molecule has 9 nitrogen and oxygen atoms in total. The molecular weight excluding hydrogens is 466 g/mol. The van der Waals surface area contributed by atoms with Crippen LogP contribution in [0.5, 0.6) is 0 Å². The van der Waals surface area contributed by atoms with Crippen molar-refractivity contribution in [2.75, 3.05) is 39.4 Å². The van der Waals surface area contributed by atoms with E-state index in [1.807, 2.05) is 4.90 Å². The molecule has 0 atom stereocenters. The molecule has 0 saturated carbocycles. The number of benzene rings is 1. The van der Waals surface area contributed by atoms with Crippen molar-refractivity contribution in [1.82, 2.24) is 13.8 Å². The lowest BCUT2D eigenvalue weighted by Gasteiger charge is -2.36. The van der Waals surface area contributed by atoms with E-state index in [1.54, 1.807) is 22.8 Å². The van der Waals surface area contributed by atoms with Gasteiger partial charge in [0.25, 0.3) is 0 Å². The Kier molecular flexibility index (Phi) is 6.34. The summed E-state index contributed by atoms with van der Waals surface area (Å²) in [6.45, 7) is 3.62. The molecule has 180 valence electrons. The fraction of sp³-hybridized carbons (Fsp3) is 0.636. The highest BCUT2D eigenvalue weighted by molar-refractivity contribution is 7.89. The predicted octanol–water partition coefficient (Wildman–Crippen LogP) is 1.99. The van der Waals surface area contributed by atoms with Gasteiger partial charge in [-0.05, 0) is 37.5 Å². The number of ether oxygens (including phenoxy) is 2. The third kappa shape index (κ3) is 4.49. The molecule has 33 heavy (non-hydrogen) atoms. The Balaban J connectivity index is 1.30. The zero-order chi connectivity index (χ0) is 23.1. The van der Waals surface area contributed by atoms with Crippen molar-refractivity contribution < 1.29 is 22.7 Å². The van der Waals surface area contributed by atoms with Gasteiger partial charge in [0, 0.05) is 52.0 Å². The lowest BCUT2D eigenvalue weighted by Crippen LogP contribution is -2.47. The number of hydrogen-bond donors (Lipinski definition) is 0. The number of thiazole rings is 1. The molecule has 0 aliphatic carbocycles. The van der Waals surface area contributed by atoms with Gasteiger partial charge in [0.1, 0.15) is 0 Å². The lowest BCUT2D eigenvalue weighted by molar-refractivity contribution is -0.179. The van der Waals surface area contributed by atoms with Gasteiger partial charge >= 0.3 is 4.87 Å². The summed E-state index contributed by atoms with van der Waals surface area (Å²) in [6, 6.07) is 4.81. The molecule has 3 saturated heterocycles. The van der Waals surface area contributed by atoms with Gasteiger partial charge < -0.3 is 14.4 Å². The molecule has 0 bridgehead atoms. The standard InChI is InChI=1S/C22H29N3O6S2/c26-20(23-9-2-1-3-10-23)6-11-25-18-5-4-17(16-19(18)32-21(25)27)33(28,29)24-12-7-22(8-13-24)30-14-15-31-22/h4-5,16H,1-3,6-15H2. The van der Waals surface area contributed by atoms with Crippen molar-refractivity contribution in [2.45, 2.75) is 55.8 Å². The van der Waals surface area contributed by atoms with Crippen LogP contribution in [0.25, 0.3) is 10.2 Å². The largest absolute Gasteiger partial charge is 0.347 e. The van der Waals surface area contributed by atoms with Crippen LogP contribution in [0.4, 0.5) is 0 Å². The SMILES string of the molecule is O=C(CCn1c(=O)sc2cc(S(=O)(=O)N3CCC4(CC3)OCCO4)ccc21)N1CCCCC1. The highest BCUT2D eigenvalue weighted by Crippen LogP contribution is 2.34. The summed E-state index contributed by atoms with van der Waals surface area (Å²) in [4.78, 5) is 27.0. The molecule has 3 aliphatic heterocycles. The Morgan fingerprint density at radius 1 is 1.03 bits per heavy atom. The number of sulfonamides is 1. The monoisotopic (exact) mass is 495 g/mol. The Morgan fingerprint density at radius 2 is 1.73 bits per heavy atom. The highest BCUT2D eigenvalue weighted by Gasteiger charge is 2.42. The topological polar surface area (TPSA) is 98.2 Å². The van der Waals surface area contributed by atoms with Gasteiger partial charge in [-0.1, -0.05) is 11.3 Å². The fourth-order valence-corrected chi connectivity index (χ4v) is 7.43. The number of carbonyl (C=O) groups excluding carboxylic acids is 1. The molecular formula is C22H29N3O6S2. The van der Waals surface area contributed by atoms with E-state index >= 15 is 0 Å². The first kappa shape index (κ1) is 23.0. The first-order valence-electron chi connectivity index (χ1n) is 11.6. The molecule has 1 amide bonds. The number of nitrogens with zero attached hydrogens (tertiary/aromatic N) is 3. The van der Waals surface area contributed by atoms with E-state index in [1.165, 1.54) is 4.31 Å². The number of aromatic nitrogens is 1. The van der Waals surface area contributed by atoms with Gasteiger partial charge in [0.2, 0.25) is 15.9 Å². The maximum absolute atomic E-state index is 13.2. The number of amides is 1. The average Bonchev–Trinajstić information content (AvgIpc) is 3.41. The predicted molar refractivity (Wildman–Crippen MR) is 124 cm³/mol. The van der Waals surface area contributed by atoms with Crippen LogP contribution in [0.2, 0.25) is 0 Å². The second-order valence-corrected chi connectivity index (χ2v) is 11.8. The van der Waals surface area contributed by atoms with Gasteiger partial charge in [-0.15, -0.1) is 0 Å². The van der Waals surface area contributed by atoms with Gasteiger partial charge in [0.15, 0.2) is 5.79 Å². The Bertz CT molecular complexity index is 1180. The van der Waals surface area contributed by atoms with Crippen LogP contribution in [-0.2, 0) is 30.8 Å². The molecule has 3 fully saturated rings. The Morgan fingerprint density at radius 3 is 2.42 bits per heavy atom. The second-order valence-electron chi connectivity index (χ2n) is 8.85. The molecule has 1 spiro atoms. The van der Waals surface area contributed by atoms with Crippen molar-refractivity contribution in [2.24, 2.45) is 0 Å². The van der Waals surface area contributed by atoms with Crippen molar-refractivity contribution in [3.05, 3.63) is 27.9 Å². The molecule has 3 aliphatic rings. The molecule has 5 rings (SSSR count). The Hall–Kier alpha value is -1.79. The maximum Gasteiger partial charge on any atom is 0.308 e. The molecule has 1 aromatic heterocycles. The van der Waals surface area contributed by atoms with Crippen molar-refractivity contribution in [3.63, 3.8) is 0 Å². The van der Waals surface area contributed by atoms with E-state index in [9.17, 15) is 18.0 Å². The van der Waals surface area contributed by atoms with Crippen molar-refractivity contribution >= 4 is 37.5 Å². The van der Waals surface area contributed by atoms with Crippen molar-refractivity contribution in [3.8, 4) is 0 Å². The summed E-state index contributed by atoms with van der Waals surface area (Å²) in [5.74, 6) is -0.573. The van der Waals surface area contributed by atoms with E-state index in [2.05, 4.69) is 0 Å². The van der Waals surface area contributed by atoms with Gasteiger partial charge in [-0.25, -0.2) is 8.42 Å².